The molecule has 0 aliphatic rings. The van der Waals surface area contributed by atoms with E-state index in [0.717, 1.165) is 25.7 Å². The predicted molar refractivity (Wildman–Crippen MR) is 198 cm³/mol. The van der Waals surface area contributed by atoms with Crippen LogP contribution in [-0.2, 0) is 0 Å². The van der Waals surface area contributed by atoms with Gasteiger partial charge in [-0.2, -0.15) is 9.97 Å². The van der Waals surface area contributed by atoms with Crippen molar-refractivity contribution in [3.63, 3.8) is 0 Å². The second-order valence-electron chi connectivity index (χ2n) is 12.1. The van der Waals surface area contributed by atoms with E-state index < -0.39 is 0 Å². The highest BCUT2D eigenvalue weighted by Gasteiger charge is 2.32. The maximum absolute atomic E-state index is 6.40. The topological polar surface area (TPSA) is 308 Å². The molecule has 0 atom stereocenters. The number of aromatic nitrogens is 16. The minimum absolute atomic E-state index is 0.0172. The average Bonchev–Trinajstić information content (AvgIpc) is 4.08. The number of H-pyrrole nitrogens is 5. The molecule has 59 heavy (non-hydrogen) atoms. The fraction of sp³-hybridized carbons (Fsp3) is 0.303. The van der Waals surface area contributed by atoms with E-state index in [4.69, 9.17) is 47.3 Å². The number of unbranched alkanes of at least 4 members (excludes halogenated alkanes) is 7. The number of thiophene rings is 1. The van der Waals surface area contributed by atoms with Crippen LogP contribution >= 0.6 is 11.3 Å². The lowest BCUT2D eigenvalue weighted by Gasteiger charge is -2.19. The van der Waals surface area contributed by atoms with Crippen LogP contribution in [0.5, 0.6) is 87.4 Å². The maximum Gasteiger partial charge on any atom is 0.339 e. The zero-order valence-electron chi connectivity index (χ0n) is 31.0. The van der Waals surface area contributed by atoms with Crippen molar-refractivity contribution in [3.05, 3.63) is 48.2 Å². The summed E-state index contributed by atoms with van der Waals surface area (Å²) in [7, 11) is 0. The summed E-state index contributed by atoms with van der Waals surface area (Å²) in [5.41, 5.74) is 0. The first-order chi connectivity index (χ1) is 29.2. The highest BCUT2D eigenvalue weighted by atomic mass is 32.1. The largest absolute Gasteiger partial charge is 0.485 e. The molecule has 0 unspecified atom stereocenters. The van der Waals surface area contributed by atoms with E-state index in [1.54, 1.807) is 36.5 Å². The summed E-state index contributed by atoms with van der Waals surface area (Å²) in [5.74, 6) is -0.852. The Balaban J connectivity index is 1.16. The summed E-state index contributed by atoms with van der Waals surface area (Å²) in [5, 5.41) is 46.2. The van der Waals surface area contributed by atoms with Crippen LogP contribution < -0.4 is 37.9 Å². The van der Waals surface area contributed by atoms with Crippen molar-refractivity contribution in [3.8, 4) is 87.4 Å². The molecule has 0 saturated carbocycles. The molecule has 0 fully saturated rings. The van der Waals surface area contributed by atoms with E-state index in [0.29, 0.717) is 5.06 Å². The summed E-state index contributed by atoms with van der Waals surface area (Å²) in [6.45, 7) is 2.46. The third-order valence-corrected chi connectivity index (χ3v) is 8.61. The van der Waals surface area contributed by atoms with Gasteiger partial charge in [0.2, 0.25) is 23.1 Å². The lowest BCUT2D eigenvalue weighted by Crippen LogP contribution is -2.06. The Kier molecular flexibility index (Phi) is 12.2. The van der Waals surface area contributed by atoms with Crippen LogP contribution in [-0.4, -0.2) is 88.4 Å². The van der Waals surface area contributed by atoms with Gasteiger partial charge in [-0.15, -0.1) is 16.4 Å². The van der Waals surface area contributed by atoms with Gasteiger partial charge in [0.05, 0.1) is 12.9 Å². The van der Waals surface area contributed by atoms with E-state index in [1.807, 2.05) is 5.38 Å². The second kappa shape index (κ2) is 18.9. The first kappa shape index (κ1) is 38.1. The van der Waals surface area contributed by atoms with Crippen LogP contribution in [0.2, 0.25) is 0 Å². The summed E-state index contributed by atoms with van der Waals surface area (Å²) in [4.78, 5) is 12.1. The Morgan fingerprint density at radius 2 is 1.44 bits per heavy atom. The Bertz CT molecular complexity index is 2420. The van der Waals surface area contributed by atoms with Crippen LogP contribution in [0.25, 0.3) is 0 Å². The van der Waals surface area contributed by atoms with Gasteiger partial charge in [0.1, 0.15) is 0 Å². The Labute approximate surface area is 335 Å². The molecule has 26 heteroatoms. The zero-order valence-corrected chi connectivity index (χ0v) is 31.8. The highest BCUT2D eigenvalue weighted by molar-refractivity contribution is 7.11. The molecule has 8 heterocycles. The molecule has 0 aromatic carbocycles. The first-order valence-electron chi connectivity index (χ1n) is 18.2. The maximum atomic E-state index is 6.40. The quantitative estimate of drug-likeness (QED) is 0.0370. The smallest absolute Gasteiger partial charge is 0.339 e. The van der Waals surface area contributed by atoms with Crippen LogP contribution in [0.4, 0.5) is 0 Å². The minimum atomic E-state index is -0.270. The third kappa shape index (κ3) is 9.97. The molecule has 8 aromatic rings. The summed E-state index contributed by atoms with van der Waals surface area (Å²) >= 11 is 1.31. The zero-order chi connectivity index (χ0) is 40.1. The first-order valence-corrected chi connectivity index (χ1v) is 19.1. The fourth-order valence-corrected chi connectivity index (χ4v) is 5.79. The number of furan rings is 1. The number of hydrogen-bond acceptors (Lipinski definition) is 21. The highest BCUT2D eigenvalue weighted by Crippen LogP contribution is 2.53. The predicted octanol–water partition coefficient (Wildman–Crippen LogP) is 7.39. The Hall–Kier alpha value is -7.77. The normalized spacial score (nSPS) is 11.1. The fourth-order valence-electron chi connectivity index (χ4n) is 5.21. The number of tetrazole rings is 2. The van der Waals surface area contributed by atoms with Crippen molar-refractivity contribution < 1.29 is 42.3 Å². The van der Waals surface area contributed by atoms with Gasteiger partial charge >= 0.3 is 23.9 Å². The lowest BCUT2D eigenvalue weighted by atomic mass is 10.1. The van der Waals surface area contributed by atoms with Crippen molar-refractivity contribution >= 4 is 11.3 Å². The molecule has 8 rings (SSSR count). The van der Waals surface area contributed by atoms with Gasteiger partial charge in [0, 0.05) is 18.3 Å². The van der Waals surface area contributed by atoms with E-state index >= 15 is 0 Å². The molecule has 0 spiro atoms. The molecule has 0 aliphatic carbocycles. The van der Waals surface area contributed by atoms with Gasteiger partial charge in [-0.3, -0.25) is 10.1 Å². The number of aromatic amines is 5. The van der Waals surface area contributed by atoms with Crippen molar-refractivity contribution in [2.75, 3.05) is 6.61 Å². The second-order valence-corrected chi connectivity index (χ2v) is 13.0. The Morgan fingerprint density at radius 1 is 0.627 bits per heavy atom. The average molecular weight is 831 g/mol. The standard InChI is InChI=1S/C33H34N16O9S/c1-2-3-4-5-6-7-8-9-16-51-23-22(55-32-41-46-47-42-32)24(53-20-12-10-17-50-20)26(35-25(23)52-19-14-15-34-38-19)56-28-27(54-21-13-11-18-59-21)36-31(37-28)57-29-30(40-45-39-29)58-33-43-48-49-44-33/h10-15,17-18H,2-9,16H2,1H3,(H,34,38)(H,36,37)(H,39,40,45)(H,41,42,46,47)(H,43,44,48,49). The number of pyridine rings is 1. The molecule has 0 radical (unpaired) electrons. The van der Waals surface area contributed by atoms with Gasteiger partial charge < -0.3 is 42.3 Å². The van der Waals surface area contributed by atoms with Gasteiger partial charge in [-0.1, -0.05) is 72.4 Å². The van der Waals surface area contributed by atoms with Crippen molar-refractivity contribution in [2.45, 2.75) is 58.3 Å². The molecule has 0 amide bonds. The Morgan fingerprint density at radius 3 is 2.17 bits per heavy atom. The van der Waals surface area contributed by atoms with Crippen LogP contribution in [0.15, 0.2) is 52.6 Å². The minimum Gasteiger partial charge on any atom is -0.485 e. The number of imidazole rings is 1. The van der Waals surface area contributed by atoms with Gasteiger partial charge in [-0.25, -0.2) is 15.3 Å². The van der Waals surface area contributed by atoms with Crippen LogP contribution in [0, 0.1) is 0 Å². The van der Waals surface area contributed by atoms with E-state index in [2.05, 4.69) is 83.7 Å². The molecule has 306 valence electrons. The molecule has 8 aromatic heterocycles. The molecule has 0 saturated heterocycles. The molecule has 5 N–H and O–H groups in total. The van der Waals surface area contributed by atoms with Crippen LogP contribution in [0.3, 0.4) is 0 Å². The molecular weight excluding hydrogens is 797 g/mol. The summed E-state index contributed by atoms with van der Waals surface area (Å²) < 4.78 is 54.5. The number of rotatable bonds is 24. The third-order valence-electron chi connectivity index (χ3n) is 7.86. The molecule has 0 bridgehead atoms. The number of ether oxygens (including phenoxy) is 8. The number of hydrogen-bond donors (Lipinski definition) is 5. The van der Waals surface area contributed by atoms with E-state index in [9.17, 15) is 0 Å². The van der Waals surface area contributed by atoms with Crippen LogP contribution in [0.1, 0.15) is 58.3 Å². The summed E-state index contributed by atoms with van der Waals surface area (Å²) in [6, 6.07) is 7.97. The van der Waals surface area contributed by atoms with Gasteiger partial charge in [0.15, 0.2) is 5.06 Å². The van der Waals surface area contributed by atoms with E-state index in [1.165, 1.54) is 43.3 Å². The monoisotopic (exact) mass is 830 g/mol. The van der Waals surface area contributed by atoms with Crippen molar-refractivity contribution in [2.24, 2.45) is 0 Å². The van der Waals surface area contributed by atoms with Gasteiger partial charge in [0.25, 0.3) is 35.3 Å². The van der Waals surface area contributed by atoms with Crippen molar-refractivity contribution in [1.82, 2.24) is 81.8 Å². The SMILES string of the molecule is CCCCCCCCCCOc1c(Oc2cc[nH]n2)nc(Oc2nc(Oc3[nH]nnc3Oc3nnn[nH]3)[nH]c2Oc2cccs2)c(Oc2ccco2)c1Oc1nnn[nH]1. The number of nitrogens with zero attached hydrogens (tertiary/aromatic N) is 11. The molecule has 0 aliphatic heterocycles. The van der Waals surface area contributed by atoms with Gasteiger partial charge in [-0.05, 0) is 50.9 Å². The van der Waals surface area contributed by atoms with Crippen molar-refractivity contribution in [1.29, 1.82) is 0 Å². The van der Waals surface area contributed by atoms with E-state index in [-0.39, 0.29) is 89.0 Å². The number of nitrogens with one attached hydrogen (secondary N) is 5. The lowest BCUT2D eigenvalue weighted by molar-refractivity contribution is 0.254. The summed E-state index contributed by atoms with van der Waals surface area (Å²) in [6.07, 6.45) is 11.7. The molecular formula is C33H34N16O9S. The molecule has 25 nitrogen and oxygen atoms in total.